The Kier molecular flexibility index (Phi) is 5.03. The Morgan fingerprint density at radius 1 is 1.20 bits per heavy atom. The molecular formula is C20H21NO4. The topological polar surface area (TPSA) is 75.6 Å². The summed E-state index contributed by atoms with van der Waals surface area (Å²) in [5.41, 5.74) is 3.01. The molecule has 5 heteroatoms. The average molecular weight is 339 g/mol. The summed E-state index contributed by atoms with van der Waals surface area (Å²) in [6.07, 6.45) is 2.19. The highest BCUT2D eigenvalue weighted by molar-refractivity contribution is 5.85. The maximum Gasteiger partial charge on any atom is 0.330 e. The third-order valence-electron chi connectivity index (χ3n) is 4.69. The molecule has 2 atom stereocenters. The van der Waals surface area contributed by atoms with Crippen LogP contribution >= 0.6 is 0 Å². The van der Waals surface area contributed by atoms with Gasteiger partial charge in [0.25, 0.3) is 0 Å². The molecule has 0 spiro atoms. The van der Waals surface area contributed by atoms with Gasteiger partial charge in [-0.25, -0.2) is 4.79 Å². The second-order valence-corrected chi connectivity index (χ2v) is 6.25. The summed E-state index contributed by atoms with van der Waals surface area (Å²) < 4.78 is 5.08. The van der Waals surface area contributed by atoms with Gasteiger partial charge < -0.3 is 15.2 Å². The van der Waals surface area contributed by atoms with E-state index >= 15 is 0 Å². The Bertz CT molecular complexity index is 770. The number of hydrogen-bond donors (Lipinski definition) is 2. The molecule has 0 heterocycles. The van der Waals surface area contributed by atoms with Crippen LogP contribution in [0.1, 0.15) is 41.5 Å². The molecule has 1 amide bonds. The quantitative estimate of drug-likeness (QED) is 0.848. The lowest BCUT2D eigenvalue weighted by Crippen LogP contribution is -2.34. The first-order valence-corrected chi connectivity index (χ1v) is 8.32. The van der Waals surface area contributed by atoms with Crippen molar-refractivity contribution >= 4 is 11.9 Å². The van der Waals surface area contributed by atoms with Crippen LogP contribution in [0.15, 0.2) is 48.5 Å². The molecule has 25 heavy (non-hydrogen) atoms. The number of amides is 1. The SMILES string of the molecule is COc1ccc(C(NC(=O)CC2CCc3ccccc32)C(=O)O)cc1. The van der Waals surface area contributed by atoms with Gasteiger partial charge >= 0.3 is 5.97 Å². The number of hydrogen-bond acceptors (Lipinski definition) is 3. The van der Waals surface area contributed by atoms with Gasteiger partial charge in [0.15, 0.2) is 6.04 Å². The van der Waals surface area contributed by atoms with Gasteiger partial charge in [0, 0.05) is 6.42 Å². The monoisotopic (exact) mass is 339 g/mol. The standard InChI is InChI=1S/C20H21NO4/c1-25-16-10-8-14(9-11-16)19(20(23)24)21-18(22)12-15-7-6-13-4-2-3-5-17(13)15/h2-5,8-11,15,19H,6-7,12H2,1H3,(H,21,22)(H,23,24). The van der Waals surface area contributed by atoms with E-state index in [1.807, 2.05) is 12.1 Å². The number of rotatable bonds is 6. The number of carboxylic acids is 1. The summed E-state index contributed by atoms with van der Waals surface area (Å²) in [5, 5.41) is 12.1. The predicted molar refractivity (Wildman–Crippen MR) is 93.6 cm³/mol. The van der Waals surface area contributed by atoms with E-state index in [0.717, 1.165) is 12.8 Å². The van der Waals surface area contributed by atoms with Crippen molar-refractivity contribution in [1.29, 1.82) is 0 Å². The number of benzene rings is 2. The van der Waals surface area contributed by atoms with E-state index in [1.165, 1.54) is 11.1 Å². The van der Waals surface area contributed by atoms with E-state index in [0.29, 0.717) is 17.7 Å². The number of aryl methyl sites for hydroxylation is 1. The molecule has 0 radical (unpaired) electrons. The van der Waals surface area contributed by atoms with Crippen molar-refractivity contribution in [3.63, 3.8) is 0 Å². The number of methoxy groups -OCH3 is 1. The van der Waals surface area contributed by atoms with Crippen LogP contribution in [0.2, 0.25) is 0 Å². The van der Waals surface area contributed by atoms with Crippen molar-refractivity contribution in [3.8, 4) is 5.75 Å². The lowest BCUT2D eigenvalue weighted by Gasteiger charge is -2.17. The lowest BCUT2D eigenvalue weighted by molar-refractivity contribution is -0.142. The van der Waals surface area contributed by atoms with Crippen molar-refractivity contribution in [2.45, 2.75) is 31.2 Å². The van der Waals surface area contributed by atoms with Gasteiger partial charge in [0.1, 0.15) is 5.75 Å². The number of carbonyl (C=O) groups is 2. The van der Waals surface area contributed by atoms with Gasteiger partial charge in [-0.1, -0.05) is 36.4 Å². The highest BCUT2D eigenvalue weighted by Crippen LogP contribution is 2.35. The minimum Gasteiger partial charge on any atom is -0.497 e. The second kappa shape index (κ2) is 7.38. The minimum atomic E-state index is -1.08. The van der Waals surface area contributed by atoms with Crippen LogP contribution in [0.25, 0.3) is 0 Å². The summed E-state index contributed by atoms with van der Waals surface area (Å²) >= 11 is 0. The first kappa shape index (κ1) is 17.0. The Hall–Kier alpha value is -2.82. The van der Waals surface area contributed by atoms with Crippen molar-refractivity contribution in [2.75, 3.05) is 7.11 Å². The smallest absolute Gasteiger partial charge is 0.330 e. The van der Waals surface area contributed by atoms with Gasteiger partial charge in [-0.05, 0) is 47.6 Å². The largest absolute Gasteiger partial charge is 0.497 e. The Morgan fingerprint density at radius 2 is 1.92 bits per heavy atom. The molecule has 130 valence electrons. The number of nitrogens with one attached hydrogen (secondary N) is 1. The van der Waals surface area contributed by atoms with E-state index < -0.39 is 12.0 Å². The summed E-state index contributed by atoms with van der Waals surface area (Å²) in [4.78, 5) is 24.0. The van der Waals surface area contributed by atoms with Crippen molar-refractivity contribution in [3.05, 3.63) is 65.2 Å². The summed E-state index contributed by atoms with van der Waals surface area (Å²) in [7, 11) is 1.55. The third kappa shape index (κ3) is 3.82. The second-order valence-electron chi connectivity index (χ2n) is 6.25. The molecule has 2 unspecified atom stereocenters. The van der Waals surface area contributed by atoms with Crippen molar-refractivity contribution in [2.24, 2.45) is 0 Å². The molecule has 0 fully saturated rings. The molecule has 1 aliphatic rings. The van der Waals surface area contributed by atoms with Crippen LogP contribution in [-0.4, -0.2) is 24.1 Å². The number of carboxylic acid groups (broad SMARTS) is 1. The number of carbonyl (C=O) groups excluding carboxylic acids is 1. The van der Waals surface area contributed by atoms with E-state index in [9.17, 15) is 14.7 Å². The number of aliphatic carboxylic acids is 1. The molecule has 0 aliphatic heterocycles. The zero-order valence-electron chi connectivity index (χ0n) is 14.1. The Morgan fingerprint density at radius 3 is 2.60 bits per heavy atom. The van der Waals surface area contributed by atoms with Gasteiger partial charge in [0.2, 0.25) is 5.91 Å². The predicted octanol–water partition coefficient (Wildman–Crippen LogP) is 3.06. The maximum atomic E-state index is 12.4. The molecule has 3 rings (SSSR count). The van der Waals surface area contributed by atoms with Crippen molar-refractivity contribution < 1.29 is 19.4 Å². The molecule has 1 aliphatic carbocycles. The van der Waals surface area contributed by atoms with E-state index in [4.69, 9.17) is 4.74 Å². The molecule has 0 saturated carbocycles. The molecule has 0 bridgehead atoms. The van der Waals surface area contributed by atoms with Gasteiger partial charge in [-0.3, -0.25) is 4.79 Å². The molecule has 2 N–H and O–H groups in total. The highest BCUT2D eigenvalue weighted by Gasteiger charge is 2.27. The normalized spacial score (nSPS) is 16.8. The van der Waals surface area contributed by atoms with Gasteiger partial charge in [-0.2, -0.15) is 0 Å². The van der Waals surface area contributed by atoms with E-state index in [2.05, 4.69) is 17.4 Å². The van der Waals surface area contributed by atoms with Crippen LogP contribution < -0.4 is 10.1 Å². The third-order valence-corrected chi connectivity index (χ3v) is 4.69. The Balaban J connectivity index is 1.68. The van der Waals surface area contributed by atoms with Crippen LogP contribution in [0, 0.1) is 0 Å². The van der Waals surface area contributed by atoms with E-state index in [-0.39, 0.29) is 11.8 Å². The lowest BCUT2D eigenvalue weighted by atomic mass is 9.97. The number of fused-ring (bicyclic) bond motifs is 1. The number of ether oxygens (including phenoxy) is 1. The van der Waals surface area contributed by atoms with Crippen LogP contribution in [-0.2, 0) is 16.0 Å². The van der Waals surface area contributed by atoms with Crippen LogP contribution in [0.5, 0.6) is 5.75 Å². The molecule has 0 saturated heterocycles. The van der Waals surface area contributed by atoms with E-state index in [1.54, 1.807) is 31.4 Å². The van der Waals surface area contributed by atoms with Crippen LogP contribution in [0.3, 0.4) is 0 Å². The fourth-order valence-electron chi connectivity index (χ4n) is 3.39. The van der Waals surface area contributed by atoms with Crippen LogP contribution in [0.4, 0.5) is 0 Å². The van der Waals surface area contributed by atoms with Gasteiger partial charge in [-0.15, -0.1) is 0 Å². The zero-order valence-corrected chi connectivity index (χ0v) is 14.1. The average Bonchev–Trinajstić information content (AvgIpc) is 3.03. The summed E-state index contributed by atoms with van der Waals surface area (Å²) in [6, 6.07) is 13.7. The Labute approximate surface area is 146 Å². The summed E-state index contributed by atoms with van der Waals surface area (Å²) in [6.45, 7) is 0. The van der Waals surface area contributed by atoms with Gasteiger partial charge in [0.05, 0.1) is 7.11 Å². The minimum absolute atomic E-state index is 0.154. The fourth-order valence-corrected chi connectivity index (χ4v) is 3.39. The fraction of sp³-hybridized carbons (Fsp3) is 0.300. The maximum absolute atomic E-state index is 12.4. The molecular weight excluding hydrogens is 318 g/mol. The first-order valence-electron chi connectivity index (χ1n) is 8.32. The van der Waals surface area contributed by atoms with Crippen molar-refractivity contribution in [1.82, 2.24) is 5.32 Å². The molecule has 0 aromatic heterocycles. The zero-order chi connectivity index (χ0) is 17.8. The highest BCUT2D eigenvalue weighted by atomic mass is 16.5. The molecule has 2 aromatic carbocycles. The molecule has 5 nitrogen and oxygen atoms in total. The summed E-state index contributed by atoms with van der Waals surface area (Å²) in [5.74, 6) is -0.529. The first-order chi connectivity index (χ1) is 12.1. The molecule has 2 aromatic rings.